The summed E-state index contributed by atoms with van der Waals surface area (Å²) in [5, 5.41) is 11.0. The minimum absolute atomic E-state index is 0.255. The molecular weight excluding hydrogens is 351 g/mol. The first kappa shape index (κ1) is 16.3. The van der Waals surface area contributed by atoms with Gasteiger partial charge in [0.25, 0.3) is 0 Å². The quantitative estimate of drug-likeness (QED) is 0.529. The lowest BCUT2D eigenvalue weighted by atomic mass is 9.92. The number of benzene rings is 3. The Morgan fingerprint density at radius 3 is 2.52 bits per heavy atom. The number of hydrogen-bond acceptors (Lipinski definition) is 1. The van der Waals surface area contributed by atoms with Crippen LogP contribution in [0.3, 0.4) is 0 Å². The third kappa shape index (κ3) is 3.06. The monoisotopic (exact) mass is 366 g/mol. The predicted molar refractivity (Wildman–Crippen MR) is 105 cm³/mol. The number of hydrogen-bond donors (Lipinski definition) is 1. The molecule has 0 fully saturated rings. The van der Waals surface area contributed by atoms with Crippen molar-refractivity contribution in [2.75, 3.05) is 0 Å². The second-order valence-corrected chi connectivity index (χ2v) is 6.98. The molecule has 1 aliphatic carbocycles. The van der Waals surface area contributed by atoms with E-state index in [1.165, 1.54) is 11.1 Å². The van der Waals surface area contributed by atoms with Crippen LogP contribution in [0.4, 0.5) is 0 Å². The van der Waals surface area contributed by atoms with Gasteiger partial charge in [-0.3, -0.25) is 0 Å². The molecule has 0 radical (unpaired) electrons. The molecule has 0 aromatic heterocycles. The van der Waals surface area contributed by atoms with Gasteiger partial charge in [0.1, 0.15) is 5.75 Å². The summed E-state index contributed by atoms with van der Waals surface area (Å²) in [4.78, 5) is 0. The molecule has 0 unspecified atom stereocenters. The van der Waals surface area contributed by atoms with Crippen LogP contribution in [0.1, 0.15) is 27.8 Å². The summed E-state index contributed by atoms with van der Waals surface area (Å²) in [5.41, 5.74) is 6.72. The molecule has 1 N–H and O–H groups in total. The molecule has 1 aliphatic rings. The zero-order valence-electron chi connectivity index (χ0n) is 13.5. The molecule has 0 heterocycles. The molecule has 124 valence electrons. The highest BCUT2D eigenvalue weighted by Crippen LogP contribution is 2.40. The van der Waals surface area contributed by atoms with Crippen molar-refractivity contribution in [2.45, 2.75) is 12.8 Å². The fourth-order valence-electron chi connectivity index (χ4n) is 3.43. The molecule has 0 aliphatic heterocycles. The van der Waals surface area contributed by atoms with Crippen molar-refractivity contribution in [3.05, 3.63) is 98.5 Å². The zero-order valence-corrected chi connectivity index (χ0v) is 15.0. The van der Waals surface area contributed by atoms with E-state index in [4.69, 9.17) is 23.2 Å². The van der Waals surface area contributed by atoms with Gasteiger partial charge in [0, 0.05) is 0 Å². The SMILES string of the molecule is Oc1cccc(/C=C2\c3ccccc3CCc3c2ccc(Cl)c3Cl)c1. The summed E-state index contributed by atoms with van der Waals surface area (Å²) in [6.45, 7) is 0. The molecule has 3 aromatic rings. The highest BCUT2D eigenvalue weighted by atomic mass is 35.5. The lowest BCUT2D eigenvalue weighted by Crippen LogP contribution is -1.94. The molecular formula is C22H16Cl2O. The minimum atomic E-state index is 0.255. The summed E-state index contributed by atoms with van der Waals surface area (Å²) >= 11 is 12.8. The maximum Gasteiger partial charge on any atom is 0.116 e. The van der Waals surface area contributed by atoms with E-state index in [-0.39, 0.29) is 5.75 Å². The zero-order chi connectivity index (χ0) is 17.4. The molecule has 4 rings (SSSR count). The van der Waals surface area contributed by atoms with Gasteiger partial charge in [0.2, 0.25) is 0 Å². The van der Waals surface area contributed by atoms with Crippen LogP contribution in [-0.4, -0.2) is 5.11 Å². The number of halogens is 2. The van der Waals surface area contributed by atoms with E-state index in [9.17, 15) is 5.11 Å². The van der Waals surface area contributed by atoms with Crippen molar-refractivity contribution in [3.8, 4) is 5.75 Å². The van der Waals surface area contributed by atoms with Crippen molar-refractivity contribution >= 4 is 34.9 Å². The summed E-state index contributed by atoms with van der Waals surface area (Å²) in [7, 11) is 0. The summed E-state index contributed by atoms with van der Waals surface area (Å²) in [6.07, 6.45) is 3.87. The largest absolute Gasteiger partial charge is 0.508 e. The topological polar surface area (TPSA) is 20.2 Å². The Bertz CT molecular complexity index is 989. The Hall–Kier alpha value is -2.22. The van der Waals surface area contributed by atoms with Crippen molar-refractivity contribution in [3.63, 3.8) is 0 Å². The van der Waals surface area contributed by atoms with Crippen molar-refractivity contribution in [1.29, 1.82) is 0 Å². The van der Waals surface area contributed by atoms with Crippen LogP contribution in [0, 0.1) is 0 Å². The maximum atomic E-state index is 9.80. The van der Waals surface area contributed by atoms with Gasteiger partial charge in [-0.2, -0.15) is 0 Å². The Labute approximate surface area is 157 Å². The van der Waals surface area contributed by atoms with Gasteiger partial charge < -0.3 is 5.11 Å². The number of rotatable bonds is 1. The number of aryl methyl sites for hydroxylation is 1. The van der Waals surface area contributed by atoms with Crippen LogP contribution in [-0.2, 0) is 12.8 Å². The fourth-order valence-corrected chi connectivity index (χ4v) is 3.87. The number of phenols is 1. The Kier molecular flexibility index (Phi) is 4.29. The normalized spacial score (nSPS) is 14.7. The standard InChI is InChI=1S/C22H16Cl2O/c23-21-11-10-18-19(22(21)24)9-8-15-5-1-2-7-17(15)20(18)13-14-4-3-6-16(25)12-14/h1-7,10-13,25H,8-9H2/b20-13+. The van der Waals surface area contributed by atoms with Crippen LogP contribution in [0.25, 0.3) is 11.6 Å². The van der Waals surface area contributed by atoms with Crippen molar-refractivity contribution in [2.24, 2.45) is 0 Å². The first-order valence-electron chi connectivity index (χ1n) is 8.20. The number of aromatic hydroxyl groups is 1. The third-order valence-electron chi connectivity index (χ3n) is 4.62. The molecule has 0 saturated heterocycles. The molecule has 3 aromatic carbocycles. The molecule has 3 heteroatoms. The smallest absolute Gasteiger partial charge is 0.116 e. The van der Waals surface area contributed by atoms with Crippen molar-refractivity contribution < 1.29 is 5.11 Å². The van der Waals surface area contributed by atoms with Gasteiger partial charge >= 0.3 is 0 Å². The van der Waals surface area contributed by atoms with Gasteiger partial charge in [0.15, 0.2) is 0 Å². The third-order valence-corrected chi connectivity index (χ3v) is 5.46. The highest BCUT2D eigenvalue weighted by Gasteiger charge is 2.21. The molecule has 0 spiro atoms. The first-order chi connectivity index (χ1) is 12.1. The van der Waals surface area contributed by atoms with Crippen LogP contribution >= 0.6 is 23.2 Å². The second kappa shape index (κ2) is 6.59. The van der Waals surface area contributed by atoms with E-state index in [0.717, 1.165) is 35.1 Å². The Balaban J connectivity index is 2.00. The van der Waals surface area contributed by atoms with Gasteiger partial charge in [-0.25, -0.2) is 0 Å². The van der Waals surface area contributed by atoms with Gasteiger partial charge in [-0.05, 0) is 70.5 Å². The average molecular weight is 367 g/mol. The van der Waals surface area contributed by atoms with Crippen LogP contribution in [0.5, 0.6) is 5.75 Å². The highest BCUT2D eigenvalue weighted by molar-refractivity contribution is 6.42. The number of fused-ring (bicyclic) bond motifs is 2. The second-order valence-electron chi connectivity index (χ2n) is 6.20. The Morgan fingerprint density at radius 1 is 0.840 bits per heavy atom. The van der Waals surface area contributed by atoms with Crippen molar-refractivity contribution in [1.82, 2.24) is 0 Å². The predicted octanol–water partition coefficient (Wildman–Crippen LogP) is 6.39. The molecule has 0 saturated carbocycles. The first-order valence-corrected chi connectivity index (χ1v) is 8.95. The molecule has 0 amide bonds. The maximum absolute atomic E-state index is 9.80. The fraction of sp³-hybridized carbons (Fsp3) is 0.0909. The average Bonchev–Trinajstić information content (AvgIpc) is 2.76. The van der Waals surface area contributed by atoms with Gasteiger partial charge in [-0.15, -0.1) is 0 Å². The van der Waals surface area contributed by atoms with E-state index in [2.05, 4.69) is 30.3 Å². The van der Waals surface area contributed by atoms with E-state index >= 15 is 0 Å². The lowest BCUT2D eigenvalue weighted by molar-refractivity contribution is 0.475. The van der Waals surface area contributed by atoms with E-state index in [0.29, 0.717) is 10.0 Å². The molecule has 1 nitrogen and oxygen atoms in total. The van der Waals surface area contributed by atoms with E-state index in [1.807, 2.05) is 24.3 Å². The Morgan fingerprint density at radius 2 is 1.68 bits per heavy atom. The molecule has 25 heavy (non-hydrogen) atoms. The van der Waals surface area contributed by atoms with E-state index < -0.39 is 0 Å². The van der Waals surface area contributed by atoms with Gasteiger partial charge in [0.05, 0.1) is 10.0 Å². The molecule has 0 atom stereocenters. The number of phenolic OH excluding ortho intramolecular Hbond substituents is 1. The van der Waals surface area contributed by atoms with Crippen LogP contribution in [0.15, 0.2) is 60.7 Å². The summed E-state index contributed by atoms with van der Waals surface area (Å²) in [6, 6.07) is 19.6. The van der Waals surface area contributed by atoms with Crippen LogP contribution in [0.2, 0.25) is 10.0 Å². The van der Waals surface area contributed by atoms with E-state index in [1.54, 1.807) is 12.1 Å². The minimum Gasteiger partial charge on any atom is -0.508 e. The van der Waals surface area contributed by atoms with Gasteiger partial charge in [-0.1, -0.05) is 65.7 Å². The lowest BCUT2D eigenvalue weighted by Gasteiger charge is -2.14. The summed E-state index contributed by atoms with van der Waals surface area (Å²) < 4.78 is 0. The molecule has 0 bridgehead atoms. The summed E-state index contributed by atoms with van der Waals surface area (Å²) in [5.74, 6) is 0.255. The van der Waals surface area contributed by atoms with Crippen LogP contribution < -0.4 is 0 Å².